The average molecular weight is 402 g/mol. The molecule has 0 amide bonds. The Bertz CT molecular complexity index is 770. The van der Waals surface area contributed by atoms with Crippen molar-refractivity contribution in [3.8, 4) is 0 Å². The minimum Gasteiger partial charge on any atom is -0.351 e. The van der Waals surface area contributed by atoms with E-state index in [4.69, 9.17) is 11.6 Å². The summed E-state index contributed by atoms with van der Waals surface area (Å²) in [7, 11) is 0. The van der Waals surface area contributed by atoms with Crippen molar-refractivity contribution in [2.75, 3.05) is 24.5 Å². The van der Waals surface area contributed by atoms with Crippen molar-refractivity contribution in [3.63, 3.8) is 0 Å². The van der Waals surface area contributed by atoms with Crippen LogP contribution in [0.4, 0.5) is 19.0 Å². The second kappa shape index (κ2) is 8.06. The number of halogens is 4. The van der Waals surface area contributed by atoms with Crippen LogP contribution in [-0.4, -0.2) is 30.7 Å². The molecule has 2 aromatic rings. The summed E-state index contributed by atoms with van der Waals surface area (Å²) in [5.41, 5.74) is 0.0797. The molecule has 1 saturated heterocycles. The number of hydrogen-bond donors (Lipinski definition) is 1. The molecular weight excluding hydrogens is 383 g/mol. The third kappa shape index (κ3) is 4.45. The van der Waals surface area contributed by atoms with Crippen LogP contribution in [0.2, 0.25) is 5.02 Å². The molecule has 0 unspecified atom stereocenters. The Labute approximate surface area is 159 Å². The Morgan fingerprint density at radius 3 is 2.73 bits per heavy atom. The van der Waals surface area contributed by atoms with E-state index in [0.717, 1.165) is 36.5 Å². The van der Waals surface area contributed by atoms with Gasteiger partial charge in [0.1, 0.15) is 10.8 Å². The number of rotatable bonds is 4. The molecule has 26 heavy (non-hydrogen) atoms. The van der Waals surface area contributed by atoms with Crippen LogP contribution in [-0.2, 0) is 11.9 Å². The zero-order valence-corrected chi connectivity index (χ0v) is 15.8. The minimum atomic E-state index is -4.44. The maximum absolute atomic E-state index is 13.4. The molecule has 1 aliphatic heterocycles. The van der Waals surface area contributed by atoms with Gasteiger partial charge in [-0.1, -0.05) is 29.8 Å². The summed E-state index contributed by atoms with van der Waals surface area (Å²) >= 11 is 7.18. The van der Waals surface area contributed by atoms with Crippen LogP contribution < -0.4 is 10.2 Å². The number of nitrogens with zero attached hydrogens (tertiary/aromatic N) is 2. The van der Waals surface area contributed by atoms with E-state index >= 15 is 0 Å². The second-order valence-corrected chi connectivity index (χ2v) is 7.52. The van der Waals surface area contributed by atoms with Gasteiger partial charge in [-0.3, -0.25) is 0 Å². The van der Waals surface area contributed by atoms with Crippen molar-refractivity contribution >= 4 is 29.2 Å². The first-order chi connectivity index (χ1) is 12.4. The van der Waals surface area contributed by atoms with Gasteiger partial charge in [0.15, 0.2) is 0 Å². The molecular formula is C18H19ClF3N3S. The number of anilines is 1. The van der Waals surface area contributed by atoms with Crippen LogP contribution in [0, 0.1) is 0 Å². The zero-order valence-electron chi connectivity index (χ0n) is 14.2. The average Bonchev–Trinajstić information content (AvgIpc) is 2.60. The predicted molar refractivity (Wildman–Crippen MR) is 99.9 cm³/mol. The van der Waals surface area contributed by atoms with Gasteiger partial charge in [0.25, 0.3) is 0 Å². The largest absolute Gasteiger partial charge is 0.419 e. The van der Waals surface area contributed by atoms with Gasteiger partial charge >= 0.3 is 6.18 Å². The molecule has 1 aromatic heterocycles. The number of thioether (sulfide) groups is 1. The Morgan fingerprint density at radius 2 is 2.04 bits per heavy atom. The molecule has 0 bridgehead atoms. The third-order valence-corrected chi connectivity index (χ3v) is 5.68. The van der Waals surface area contributed by atoms with E-state index in [-0.39, 0.29) is 11.1 Å². The summed E-state index contributed by atoms with van der Waals surface area (Å²) in [5, 5.41) is 3.80. The summed E-state index contributed by atoms with van der Waals surface area (Å²) < 4.78 is 40.2. The third-order valence-electron chi connectivity index (χ3n) is 4.27. The van der Waals surface area contributed by atoms with E-state index in [1.165, 1.54) is 6.07 Å². The lowest BCUT2D eigenvalue weighted by molar-refractivity contribution is -0.140. The lowest BCUT2D eigenvalue weighted by Crippen LogP contribution is -2.50. The SMILES string of the molecule is C[C@@H]1CNCCN1c1ccc(C(F)(F)F)c(SCc2ccccc2Cl)n1. The molecule has 1 aliphatic rings. The van der Waals surface area contributed by atoms with Gasteiger partial charge < -0.3 is 10.2 Å². The first-order valence-electron chi connectivity index (χ1n) is 8.28. The molecule has 1 aromatic carbocycles. The molecule has 0 spiro atoms. The Morgan fingerprint density at radius 1 is 1.27 bits per heavy atom. The highest BCUT2D eigenvalue weighted by molar-refractivity contribution is 7.98. The van der Waals surface area contributed by atoms with Crippen LogP contribution in [0.5, 0.6) is 0 Å². The van der Waals surface area contributed by atoms with Gasteiger partial charge in [-0.2, -0.15) is 13.2 Å². The molecule has 0 aliphatic carbocycles. The van der Waals surface area contributed by atoms with Gasteiger partial charge in [0.05, 0.1) is 5.56 Å². The Kier molecular flexibility index (Phi) is 5.99. The molecule has 1 fully saturated rings. The summed E-state index contributed by atoms with van der Waals surface area (Å²) in [5.74, 6) is 0.907. The number of aromatic nitrogens is 1. The van der Waals surface area contributed by atoms with E-state index in [0.29, 0.717) is 23.1 Å². The highest BCUT2D eigenvalue weighted by Gasteiger charge is 2.35. The summed E-state index contributed by atoms with van der Waals surface area (Å²) in [4.78, 5) is 6.39. The van der Waals surface area contributed by atoms with Crippen LogP contribution >= 0.6 is 23.4 Å². The number of hydrogen-bond acceptors (Lipinski definition) is 4. The molecule has 3 nitrogen and oxygen atoms in total. The van der Waals surface area contributed by atoms with Crippen molar-refractivity contribution in [3.05, 3.63) is 52.5 Å². The topological polar surface area (TPSA) is 28.2 Å². The first-order valence-corrected chi connectivity index (χ1v) is 9.64. The fourth-order valence-corrected chi connectivity index (χ4v) is 4.18. The van der Waals surface area contributed by atoms with Crippen molar-refractivity contribution in [2.45, 2.75) is 29.9 Å². The van der Waals surface area contributed by atoms with Crippen molar-refractivity contribution in [2.24, 2.45) is 0 Å². The van der Waals surface area contributed by atoms with Crippen molar-refractivity contribution in [1.82, 2.24) is 10.3 Å². The Hall–Kier alpha value is -1.44. The fourth-order valence-electron chi connectivity index (χ4n) is 2.86. The predicted octanol–water partition coefficient (Wildman–Crippen LogP) is 4.84. The normalized spacial score (nSPS) is 18.2. The monoisotopic (exact) mass is 401 g/mol. The minimum absolute atomic E-state index is 0.0133. The second-order valence-electron chi connectivity index (χ2n) is 6.15. The van der Waals surface area contributed by atoms with Crippen LogP contribution in [0.25, 0.3) is 0 Å². The number of benzene rings is 1. The van der Waals surface area contributed by atoms with E-state index in [2.05, 4.69) is 10.3 Å². The van der Waals surface area contributed by atoms with Crippen molar-refractivity contribution < 1.29 is 13.2 Å². The van der Waals surface area contributed by atoms with E-state index in [1.807, 2.05) is 24.0 Å². The number of alkyl halides is 3. The Balaban J connectivity index is 1.89. The van der Waals surface area contributed by atoms with Gasteiger partial charge in [-0.15, -0.1) is 11.8 Å². The standard InChI is InChI=1S/C18H19ClF3N3S/c1-12-10-23-8-9-25(12)16-7-6-14(18(20,21)22)17(24-16)26-11-13-4-2-3-5-15(13)19/h2-7,12,23H,8-11H2,1H3/t12-/m1/s1. The molecule has 1 N–H and O–H groups in total. The van der Waals surface area contributed by atoms with Crippen LogP contribution in [0.1, 0.15) is 18.1 Å². The summed E-state index contributed by atoms with van der Waals surface area (Å²) in [6, 6.07) is 9.92. The smallest absolute Gasteiger partial charge is 0.351 e. The molecule has 2 heterocycles. The lowest BCUT2D eigenvalue weighted by Gasteiger charge is -2.35. The van der Waals surface area contributed by atoms with Crippen molar-refractivity contribution in [1.29, 1.82) is 0 Å². The zero-order chi connectivity index (χ0) is 18.7. The summed E-state index contributed by atoms with van der Waals surface area (Å²) in [6.45, 7) is 4.32. The summed E-state index contributed by atoms with van der Waals surface area (Å²) in [6.07, 6.45) is -4.44. The van der Waals surface area contributed by atoms with Crippen LogP contribution in [0.3, 0.4) is 0 Å². The molecule has 140 valence electrons. The quantitative estimate of drug-likeness (QED) is 0.742. The van der Waals surface area contributed by atoms with Gasteiger partial charge in [-0.25, -0.2) is 4.98 Å². The lowest BCUT2D eigenvalue weighted by atomic mass is 10.2. The molecule has 0 radical (unpaired) electrons. The maximum Gasteiger partial charge on any atom is 0.419 e. The molecule has 8 heteroatoms. The highest BCUT2D eigenvalue weighted by atomic mass is 35.5. The first kappa shape index (κ1) is 19.3. The fraction of sp³-hybridized carbons (Fsp3) is 0.389. The van der Waals surface area contributed by atoms with E-state index < -0.39 is 11.7 Å². The molecule has 3 rings (SSSR count). The maximum atomic E-state index is 13.4. The van der Waals surface area contributed by atoms with Gasteiger partial charge in [-0.05, 0) is 30.7 Å². The number of piperazine rings is 1. The highest BCUT2D eigenvalue weighted by Crippen LogP contribution is 2.38. The molecule has 0 saturated carbocycles. The van der Waals surface area contributed by atoms with Gasteiger partial charge in [0, 0.05) is 36.5 Å². The number of nitrogens with one attached hydrogen (secondary N) is 1. The number of pyridine rings is 1. The van der Waals surface area contributed by atoms with E-state index in [9.17, 15) is 13.2 Å². The van der Waals surface area contributed by atoms with E-state index in [1.54, 1.807) is 12.1 Å². The van der Waals surface area contributed by atoms with Gasteiger partial charge in [0.2, 0.25) is 0 Å². The molecule has 1 atom stereocenters. The van der Waals surface area contributed by atoms with Crippen LogP contribution in [0.15, 0.2) is 41.4 Å².